The van der Waals surface area contributed by atoms with Gasteiger partial charge in [-0.05, 0) is 48.2 Å². The Morgan fingerprint density at radius 1 is 1.20 bits per heavy atom. The van der Waals surface area contributed by atoms with Crippen molar-refractivity contribution in [2.24, 2.45) is 5.16 Å². The summed E-state index contributed by atoms with van der Waals surface area (Å²) in [5.41, 5.74) is 3.04. The van der Waals surface area contributed by atoms with Crippen molar-refractivity contribution in [1.29, 1.82) is 0 Å². The molecule has 1 aromatic rings. The number of nitrogens with zero attached hydrogens (tertiary/aromatic N) is 1. The van der Waals surface area contributed by atoms with E-state index in [1.165, 1.54) is 0 Å². The van der Waals surface area contributed by atoms with Gasteiger partial charge in [0.25, 0.3) is 0 Å². The lowest BCUT2D eigenvalue weighted by Gasteiger charge is -2.08. The number of benzene rings is 1. The molecule has 0 aliphatic rings. The van der Waals surface area contributed by atoms with Crippen LogP contribution in [0.1, 0.15) is 32.3 Å². The minimum atomic E-state index is 0.420. The second kappa shape index (κ2) is 8.97. The number of oxime groups is 1. The normalized spacial score (nSPS) is 11.0. The van der Waals surface area contributed by atoms with Gasteiger partial charge in [-0.2, -0.15) is 0 Å². The van der Waals surface area contributed by atoms with E-state index in [4.69, 9.17) is 9.57 Å². The highest BCUT2D eigenvalue weighted by Crippen LogP contribution is 2.15. The molecule has 0 saturated carbocycles. The van der Waals surface area contributed by atoms with Crippen LogP contribution in [0.4, 0.5) is 0 Å². The third-order valence-electron chi connectivity index (χ3n) is 2.83. The summed E-state index contributed by atoms with van der Waals surface area (Å²) in [4.78, 5) is 5.14. The standard InChI is InChI=1S/C17H23NO2/c1-5-12-20-18-17(7-3)15-8-10-16(11-9-15)19-13-14(4)6-2/h5,8-11H,1,4,6-7,12-13H2,2-3H3. The van der Waals surface area contributed by atoms with E-state index >= 15 is 0 Å². The molecule has 0 aromatic heterocycles. The Balaban J connectivity index is 2.66. The van der Waals surface area contributed by atoms with Gasteiger partial charge >= 0.3 is 0 Å². The molecule has 0 atom stereocenters. The average molecular weight is 273 g/mol. The predicted octanol–water partition coefficient (Wildman–Crippen LogP) is 4.35. The molecule has 108 valence electrons. The maximum atomic E-state index is 5.64. The van der Waals surface area contributed by atoms with Crippen LogP contribution in [-0.2, 0) is 4.84 Å². The van der Waals surface area contributed by atoms with Crippen LogP contribution in [0.25, 0.3) is 0 Å². The van der Waals surface area contributed by atoms with Gasteiger partial charge in [-0.15, -0.1) is 0 Å². The number of hydrogen-bond acceptors (Lipinski definition) is 3. The maximum Gasteiger partial charge on any atom is 0.135 e. The van der Waals surface area contributed by atoms with Gasteiger partial charge in [0.15, 0.2) is 0 Å². The molecule has 1 rings (SSSR count). The smallest absolute Gasteiger partial charge is 0.135 e. The summed E-state index contributed by atoms with van der Waals surface area (Å²) in [6.07, 6.45) is 3.42. The van der Waals surface area contributed by atoms with E-state index in [1.807, 2.05) is 31.2 Å². The Morgan fingerprint density at radius 2 is 1.90 bits per heavy atom. The van der Waals surface area contributed by atoms with E-state index in [0.717, 1.165) is 35.4 Å². The van der Waals surface area contributed by atoms with Crippen LogP contribution in [-0.4, -0.2) is 18.9 Å². The quantitative estimate of drug-likeness (QED) is 0.290. The highest BCUT2D eigenvalue weighted by molar-refractivity contribution is 6.00. The van der Waals surface area contributed by atoms with Gasteiger partial charge < -0.3 is 9.57 Å². The molecule has 0 spiro atoms. The molecule has 0 amide bonds. The van der Waals surface area contributed by atoms with Crippen molar-refractivity contribution in [2.75, 3.05) is 13.2 Å². The van der Waals surface area contributed by atoms with Gasteiger partial charge in [-0.3, -0.25) is 0 Å². The molecule has 0 aliphatic heterocycles. The molecular formula is C17H23NO2. The minimum absolute atomic E-state index is 0.420. The fourth-order valence-electron chi connectivity index (χ4n) is 1.52. The first kappa shape index (κ1) is 16.0. The molecule has 0 N–H and O–H groups in total. The summed E-state index contributed by atoms with van der Waals surface area (Å²) < 4.78 is 5.64. The van der Waals surface area contributed by atoms with Crippen molar-refractivity contribution in [3.8, 4) is 5.75 Å². The highest BCUT2D eigenvalue weighted by atomic mass is 16.6. The molecule has 0 unspecified atom stereocenters. The Bertz CT molecular complexity index is 460. The van der Waals surface area contributed by atoms with Gasteiger partial charge in [0.2, 0.25) is 0 Å². The van der Waals surface area contributed by atoms with E-state index < -0.39 is 0 Å². The van der Waals surface area contributed by atoms with Crippen LogP contribution in [0.5, 0.6) is 5.75 Å². The second-order valence-electron chi connectivity index (χ2n) is 4.39. The van der Waals surface area contributed by atoms with Crippen LogP contribution in [0.2, 0.25) is 0 Å². The van der Waals surface area contributed by atoms with E-state index in [9.17, 15) is 0 Å². The molecule has 0 aliphatic carbocycles. The largest absolute Gasteiger partial charge is 0.489 e. The van der Waals surface area contributed by atoms with E-state index in [0.29, 0.717) is 13.2 Å². The van der Waals surface area contributed by atoms with E-state index in [2.05, 4.69) is 25.2 Å². The zero-order chi connectivity index (χ0) is 14.8. The van der Waals surface area contributed by atoms with Crippen LogP contribution < -0.4 is 4.74 Å². The third-order valence-corrected chi connectivity index (χ3v) is 2.83. The molecule has 0 bridgehead atoms. The first-order valence-corrected chi connectivity index (χ1v) is 6.90. The van der Waals surface area contributed by atoms with Crippen LogP contribution in [0, 0.1) is 0 Å². The molecule has 0 fully saturated rings. The Kier molecular flexibility index (Phi) is 7.18. The van der Waals surface area contributed by atoms with Crippen molar-refractivity contribution >= 4 is 5.71 Å². The summed E-state index contributed by atoms with van der Waals surface area (Å²) in [5, 5.41) is 4.11. The molecule has 3 nitrogen and oxygen atoms in total. The van der Waals surface area contributed by atoms with Crippen LogP contribution in [0.3, 0.4) is 0 Å². The van der Waals surface area contributed by atoms with Gasteiger partial charge in [-0.25, -0.2) is 0 Å². The fourth-order valence-corrected chi connectivity index (χ4v) is 1.52. The summed E-state index contributed by atoms with van der Waals surface area (Å²) in [7, 11) is 0. The first-order chi connectivity index (χ1) is 9.71. The maximum absolute atomic E-state index is 5.64. The zero-order valence-electron chi connectivity index (χ0n) is 12.4. The van der Waals surface area contributed by atoms with E-state index in [-0.39, 0.29) is 0 Å². The molecule has 0 saturated heterocycles. The summed E-state index contributed by atoms with van der Waals surface area (Å²) in [6.45, 7) is 12.6. The molecule has 1 aromatic carbocycles. The Morgan fingerprint density at radius 3 is 2.45 bits per heavy atom. The third kappa shape index (κ3) is 5.31. The van der Waals surface area contributed by atoms with Crippen LogP contribution in [0.15, 0.2) is 54.2 Å². The number of hydrogen-bond donors (Lipinski definition) is 0. The van der Waals surface area contributed by atoms with Crippen molar-refractivity contribution in [3.05, 3.63) is 54.6 Å². The van der Waals surface area contributed by atoms with Crippen LogP contribution >= 0.6 is 0 Å². The second-order valence-corrected chi connectivity index (χ2v) is 4.39. The minimum Gasteiger partial charge on any atom is -0.489 e. The SMILES string of the molecule is C=CCON=C(CC)c1ccc(OCC(=C)CC)cc1. The summed E-state index contributed by atoms with van der Waals surface area (Å²) in [6, 6.07) is 7.86. The summed E-state index contributed by atoms with van der Waals surface area (Å²) >= 11 is 0. The van der Waals surface area contributed by atoms with Gasteiger partial charge in [0.1, 0.15) is 19.0 Å². The molecule has 20 heavy (non-hydrogen) atoms. The van der Waals surface area contributed by atoms with Crippen molar-refractivity contribution < 1.29 is 9.57 Å². The van der Waals surface area contributed by atoms with Crippen molar-refractivity contribution in [2.45, 2.75) is 26.7 Å². The fraction of sp³-hybridized carbons (Fsp3) is 0.353. The lowest BCUT2D eigenvalue weighted by Crippen LogP contribution is -2.02. The van der Waals surface area contributed by atoms with Gasteiger partial charge in [0.05, 0.1) is 5.71 Å². The van der Waals surface area contributed by atoms with E-state index in [1.54, 1.807) is 6.08 Å². The Hall–Kier alpha value is -2.03. The molecule has 3 heteroatoms. The Labute approximate surface area is 121 Å². The average Bonchev–Trinajstić information content (AvgIpc) is 2.50. The van der Waals surface area contributed by atoms with Crippen molar-refractivity contribution in [1.82, 2.24) is 0 Å². The van der Waals surface area contributed by atoms with Gasteiger partial charge in [-0.1, -0.05) is 38.2 Å². The summed E-state index contributed by atoms with van der Waals surface area (Å²) in [5.74, 6) is 0.839. The highest BCUT2D eigenvalue weighted by Gasteiger charge is 2.03. The molecular weight excluding hydrogens is 250 g/mol. The monoisotopic (exact) mass is 273 g/mol. The number of rotatable bonds is 9. The zero-order valence-corrected chi connectivity index (χ0v) is 12.4. The lowest BCUT2D eigenvalue weighted by atomic mass is 10.1. The van der Waals surface area contributed by atoms with Gasteiger partial charge in [0, 0.05) is 0 Å². The lowest BCUT2D eigenvalue weighted by molar-refractivity contribution is 0.174. The van der Waals surface area contributed by atoms with Crippen molar-refractivity contribution in [3.63, 3.8) is 0 Å². The predicted molar refractivity (Wildman–Crippen MR) is 84.3 cm³/mol. The molecule has 0 radical (unpaired) electrons. The number of ether oxygens (including phenoxy) is 1. The first-order valence-electron chi connectivity index (χ1n) is 6.90. The molecule has 0 heterocycles. The topological polar surface area (TPSA) is 30.8 Å².